The Morgan fingerprint density at radius 2 is 2.10 bits per heavy atom. The number of nitrogens with zero attached hydrogens (tertiary/aromatic N) is 2. The molecule has 1 atom stereocenters. The second kappa shape index (κ2) is 6.86. The van der Waals surface area contributed by atoms with Crippen LogP contribution in [0, 0.1) is 11.6 Å². The van der Waals surface area contributed by atoms with Crippen LogP contribution >= 0.6 is 0 Å². The fraction of sp³-hybridized carbons (Fsp3) is 0.667. The third kappa shape index (κ3) is 3.19. The van der Waals surface area contributed by atoms with Crippen LogP contribution in [0.1, 0.15) is 46.0 Å². The van der Waals surface area contributed by atoms with Crippen molar-refractivity contribution in [3.63, 3.8) is 0 Å². The first-order chi connectivity index (χ1) is 9.67. The van der Waals surface area contributed by atoms with Gasteiger partial charge in [-0.1, -0.05) is 13.3 Å². The van der Waals surface area contributed by atoms with E-state index >= 15 is 0 Å². The van der Waals surface area contributed by atoms with Gasteiger partial charge in [0, 0.05) is 25.2 Å². The minimum absolute atomic E-state index is 0.143. The molecule has 0 amide bonds. The Labute approximate surface area is 119 Å². The van der Waals surface area contributed by atoms with E-state index in [4.69, 9.17) is 0 Å². The number of nitrogens with one attached hydrogen (secondary N) is 1. The predicted octanol–water partition coefficient (Wildman–Crippen LogP) is 3.95. The van der Waals surface area contributed by atoms with Gasteiger partial charge in [0.2, 0.25) is 0 Å². The number of anilines is 2. The molecule has 0 aromatic carbocycles. The van der Waals surface area contributed by atoms with E-state index in [1.807, 2.05) is 11.8 Å². The van der Waals surface area contributed by atoms with Crippen LogP contribution in [0.5, 0.6) is 0 Å². The van der Waals surface area contributed by atoms with Gasteiger partial charge in [-0.2, -0.15) is 0 Å². The molecule has 112 valence electrons. The van der Waals surface area contributed by atoms with Gasteiger partial charge in [0.25, 0.3) is 0 Å². The standard InChI is InChI=1S/C15H23F2N3/c1-3-7-11-8-5-6-9-20(11)15-13(17)10-12(16)14(19-15)18-4-2/h10-11H,3-9H2,1-2H3,(H,18,19). The Hall–Kier alpha value is -1.39. The van der Waals surface area contributed by atoms with Gasteiger partial charge in [-0.15, -0.1) is 0 Å². The molecule has 1 aromatic rings. The second-order valence-electron chi connectivity index (χ2n) is 5.29. The number of hydrogen-bond acceptors (Lipinski definition) is 3. The molecule has 0 saturated carbocycles. The van der Waals surface area contributed by atoms with Gasteiger partial charge in [-0.25, -0.2) is 13.8 Å². The summed E-state index contributed by atoms with van der Waals surface area (Å²) in [5.74, 6) is -0.755. The first-order valence-electron chi connectivity index (χ1n) is 7.53. The molecule has 1 unspecified atom stereocenters. The van der Waals surface area contributed by atoms with Crippen LogP contribution in [0.4, 0.5) is 20.4 Å². The quantitative estimate of drug-likeness (QED) is 0.887. The Balaban J connectivity index is 2.31. The van der Waals surface area contributed by atoms with Crippen molar-refractivity contribution in [1.82, 2.24) is 4.98 Å². The Morgan fingerprint density at radius 1 is 1.30 bits per heavy atom. The van der Waals surface area contributed by atoms with Crippen molar-refractivity contribution in [2.75, 3.05) is 23.3 Å². The largest absolute Gasteiger partial charge is 0.368 e. The van der Waals surface area contributed by atoms with Gasteiger partial charge in [-0.3, -0.25) is 0 Å². The van der Waals surface area contributed by atoms with Gasteiger partial charge >= 0.3 is 0 Å². The van der Waals surface area contributed by atoms with Crippen molar-refractivity contribution in [1.29, 1.82) is 0 Å². The van der Waals surface area contributed by atoms with E-state index in [-0.39, 0.29) is 5.82 Å². The van der Waals surface area contributed by atoms with E-state index in [1.54, 1.807) is 0 Å². The number of halogens is 2. The van der Waals surface area contributed by atoms with Crippen LogP contribution < -0.4 is 10.2 Å². The molecule has 3 nitrogen and oxygen atoms in total. The maximum Gasteiger partial charge on any atom is 0.168 e. The molecule has 1 aromatic heterocycles. The summed E-state index contributed by atoms with van der Waals surface area (Å²) in [6, 6.07) is 1.26. The Bertz CT molecular complexity index is 449. The molecular weight excluding hydrogens is 260 g/mol. The monoisotopic (exact) mass is 283 g/mol. The van der Waals surface area contributed by atoms with Crippen molar-refractivity contribution < 1.29 is 8.78 Å². The molecule has 1 saturated heterocycles. The normalized spacial score (nSPS) is 19.2. The number of hydrogen-bond donors (Lipinski definition) is 1. The van der Waals surface area contributed by atoms with E-state index < -0.39 is 11.6 Å². The lowest BCUT2D eigenvalue weighted by atomic mass is 9.98. The maximum atomic E-state index is 14.1. The second-order valence-corrected chi connectivity index (χ2v) is 5.29. The van der Waals surface area contributed by atoms with Crippen LogP contribution in [-0.4, -0.2) is 24.1 Å². The lowest BCUT2D eigenvalue weighted by molar-refractivity contribution is 0.424. The Kier molecular flexibility index (Phi) is 5.15. The minimum atomic E-state index is -0.628. The molecule has 2 heterocycles. The molecule has 1 N–H and O–H groups in total. The minimum Gasteiger partial charge on any atom is -0.368 e. The topological polar surface area (TPSA) is 28.2 Å². The zero-order valence-corrected chi connectivity index (χ0v) is 12.3. The van der Waals surface area contributed by atoms with Gasteiger partial charge in [0.15, 0.2) is 23.3 Å². The SMILES string of the molecule is CCCC1CCCCN1c1nc(NCC)c(F)cc1F. The molecule has 2 rings (SSSR count). The average molecular weight is 283 g/mol. The molecule has 1 aliphatic heterocycles. The summed E-state index contributed by atoms with van der Waals surface area (Å²) in [4.78, 5) is 6.20. The van der Waals surface area contributed by atoms with Crippen molar-refractivity contribution in [2.45, 2.75) is 52.0 Å². The zero-order chi connectivity index (χ0) is 14.5. The number of rotatable bonds is 5. The van der Waals surface area contributed by atoms with Crippen LogP contribution in [0.2, 0.25) is 0 Å². The first-order valence-corrected chi connectivity index (χ1v) is 7.53. The lowest BCUT2D eigenvalue weighted by Gasteiger charge is -2.37. The average Bonchev–Trinajstić information content (AvgIpc) is 2.43. The molecule has 0 aliphatic carbocycles. The summed E-state index contributed by atoms with van der Waals surface area (Å²) < 4.78 is 27.7. The van der Waals surface area contributed by atoms with Gasteiger partial charge in [-0.05, 0) is 32.6 Å². The van der Waals surface area contributed by atoms with E-state index in [0.717, 1.165) is 38.3 Å². The summed E-state index contributed by atoms with van der Waals surface area (Å²) in [5, 5.41) is 2.85. The number of piperidine rings is 1. The van der Waals surface area contributed by atoms with Crippen LogP contribution in [0.15, 0.2) is 6.07 Å². The third-order valence-electron chi connectivity index (χ3n) is 3.78. The predicted molar refractivity (Wildman–Crippen MR) is 78.2 cm³/mol. The molecule has 1 aliphatic rings. The fourth-order valence-corrected chi connectivity index (χ4v) is 2.86. The molecule has 0 bridgehead atoms. The highest BCUT2D eigenvalue weighted by Gasteiger charge is 2.26. The molecule has 0 radical (unpaired) electrons. The zero-order valence-electron chi connectivity index (χ0n) is 12.3. The van der Waals surface area contributed by atoms with E-state index in [2.05, 4.69) is 17.2 Å². The summed E-state index contributed by atoms with van der Waals surface area (Å²) in [6.07, 6.45) is 5.35. The van der Waals surface area contributed by atoms with Crippen molar-refractivity contribution in [3.8, 4) is 0 Å². The summed E-state index contributed by atoms with van der Waals surface area (Å²) in [5.41, 5.74) is 0. The molecular formula is C15H23F2N3. The third-order valence-corrected chi connectivity index (χ3v) is 3.78. The van der Waals surface area contributed by atoms with E-state index in [1.165, 1.54) is 6.42 Å². The lowest BCUT2D eigenvalue weighted by Crippen LogP contribution is -2.40. The molecule has 0 spiro atoms. The molecule has 20 heavy (non-hydrogen) atoms. The highest BCUT2D eigenvalue weighted by Crippen LogP contribution is 2.29. The smallest absolute Gasteiger partial charge is 0.168 e. The van der Waals surface area contributed by atoms with Gasteiger partial charge < -0.3 is 10.2 Å². The fourth-order valence-electron chi connectivity index (χ4n) is 2.86. The molecule has 1 fully saturated rings. The van der Waals surface area contributed by atoms with E-state index in [9.17, 15) is 8.78 Å². The highest BCUT2D eigenvalue weighted by molar-refractivity contribution is 5.50. The van der Waals surface area contributed by atoms with Gasteiger partial charge in [0.05, 0.1) is 0 Å². The summed E-state index contributed by atoms with van der Waals surface area (Å²) in [7, 11) is 0. The summed E-state index contributed by atoms with van der Waals surface area (Å²) in [6.45, 7) is 5.36. The number of pyridine rings is 1. The van der Waals surface area contributed by atoms with Crippen molar-refractivity contribution in [3.05, 3.63) is 17.7 Å². The van der Waals surface area contributed by atoms with Gasteiger partial charge in [0.1, 0.15) is 0 Å². The highest BCUT2D eigenvalue weighted by atomic mass is 19.1. The van der Waals surface area contributed by atoms with Crippen molar-refractivity contribution >= 4 is 11.6 Å². The maximum absolute atomic E-state index is 14.1. The number of aromatic nitrogens is 1. The Morgan fingerprint density at radius 3 is 2.80 bits per heavy atom. The van der Waals surface area contributed by atoms with Crippen LogP contribution in [-0.2, 0) is 0 Å². The first kappa shape index (κ1) is 15.0. The molecule has 5 heteroatoms. The van der Waals surface area contributed by atoms with Crippen LogP contribution in [0.3, 0.4) is 0 Å². The van der Waals surface area contributed by atoms with E-state index in [0.29, 0.717) is 18.4 Å². The summed E-state index contributed by atoms with van der Waals surface area (Å²) >= 11 is 0. The van der Waals surface area contributed by atoms with Crippen LogP contribution in [0.25, 0.3) is 0 Å². The van der Waals surface area contributed by atoms with Crippen molar-refractivity contribution in [2.24, 2.45) is 0 Å².